The lowest BCUT2D eigenvalue weighted by Gasteiger charge is -2.42. The summed E-state index contributed by atoms with van der Waals surface area (Å²) in [5.41, 5.74) is 0.406. The third-order valence-corrected chi connectivity index (χ3v) is 3.19. The molecule has 1 saturated carbocycles. The lowest BCUT2D eigenvalue weighted by Crippen LogP contribution is -2.58. The maximum Gasteiger partial charge on any atom is 0.0751 e. The summed E-state index contributed by atoms with van der Waals surface area (Å²) in [5.74, 6) is 0. The molecule has 2 nitrogen and oxygen atoms in total. The van der Waals surface area contributed by atoms with Crippen LogP contribution in [0, 0.1) is 0 Å². The van der Waals surface area contributed by atoms with Crippen LogP contribution in [-0.4, -0.2) is 24.3 Å². The maximum absolute atomic E-state index is 5.84. The molecule has 0 atom stereocenters. The minimum absolute atomic E-state index is 0.0494. The number of ether oxygens (including phenoxy) is 1. The topological polar surface area (TPSA) is 21.3 Å². The normalized spacial score (nSPS) is 32.5. The average Bonchev–Trinajstić information content (AvgIpc) is 2.46. The molecule has 1 spiro atoms. The molecule has 1 N–H and O–H groups in total. The zero-order chi connectivity index (χ0) is 8.66. The van der Waals surface area contributed by atoms with Gasteiger partial charge in [0.05, 0.1) is 12.2 Å². The van der Waals surface area contributed by atoms with Gasteiger partial charge in [0, 0.05) is 12.1 Å². The molecule has 0 aromatic heterocycles. The van der Waals surface area contributed by atoms with Crippen LogP contribution < -0.4 is 5.32 Å². The van der Waals surface area contributed by atoms with Crippen molar-refractivity contribution in [2.45, 2.75) is 50.7 Å². The minimum Gasteiger partial charge on any atom is -0.372 e. The van der Waals surface area contributed by atoms with Gasteiger partial charge in [-0.1, -0.05) is 12.8 Å². The Hall–Kier alpha value is -0.0800. The standard InChI is InChI=1S/C10H19NO/c1-9(2)7-11-10(8-12-9)5-3-4-6-10/h11H,3-8H2,1-2H3. The third kappa shape index (κ3) is 1.50. The first kappa shape index (κ1) is 8.52. The molecule has 1 heterocycles. The Morgan fingerprint density at radius 2 is 1.83 bits per heavy atom. The van der Waals surface area contributed by atoms with Gasteiger partial charge in [-0.05, 0) is 26.7 Å². The molecule has 0 radical (unpaired) electrons. The van der Waals surface area contributed by atoms with E-state index in [1.54, 1.807) is 0 Å². The number of hydrogen-bond donors (Lipinski definition) is 1. The van der Waals surface area contributed by atoms with E-state index in [1.165, 1.54) is 25.7 Å². The van der Waals surface area contributed by atoms with Crippen molar-refractivity contribution >= 4 is 0 Å². The second-order valence-electron chi connectivity index (χ2n) is 4.89. The molecule has 1 aliphatic heterocycles. The number of nitrogens with one attached hydrogen (secondary N) is 1. The fourth-order valence-electron chi connectivity index (χ4n) is 2.21. The molecule has 2 rings (SSSR count). The van der Waals surface area contributed by atoms with Crippen molar-refractivity contribution in [1.82, 2.24) is 5.32 Å². The van der Waals surface area contributed by atoms with E-state index in [4.69, 9.17) is 4.74 Å². The van der Waals surface area contributed by atoms with Gasteiger partial charge in [-0.15, -0.1) is 0 Å². The van der Waals surface area contributed by atoms with Gasteiger partial charge in [-0.2, -0.15) is 0 Å². The first-order valence-electron chi connectivity index (χ1n) is 5.01. The molecular weight excluding hydrogens is 150 g/mol. The highest BCUT2D eigenvalue weighted by molar-refractivity contribution is 4.97. The molecule has 0 amide bonds. The van der Waals surface area contributed by atoms with Gasteiger partial charge in [-0.3, -0.25) is 0 Å². The number of morpholine rings is 1. The van der Waals surface area contributed by atoms with Crippen molar-refractivity contribution in [3.8, 4) is 0 Å². The van der Waals surface area contributed by atoms with Crippen molar-refractivity contribution < 1.29 is 4.74 Å². The van der Waals surface area contributed by atoms with Crippen LogP contribution in [0.25, 0.3) is 0 Å². The Morgan fingerprint density at radius 1 is 1.17 bits per heavy atom. The summed E-state index contributed by atoms with van der Waals surface area (Å²) >= 11 is 0. The molecule has 2 heteroatoms. The van der Waals surface area contributed by atoms with E-state index in [0.29, 0.717) is 5.54 Å². The molecule has 0 aromatic carbocycles. The first-order chi connectivity index (χ1) is 5.62. The number of hydrogen-bond acceptors (Lipinski definition) is 2. The van der Waals surface area contributed by atoms with Crippen LogP contribution in [-0.2, 0) is 4.74 Å². The van der Waals surface area contributed by atoms with Crippen LogP contribution in [0.2, 0.25) is 0 Å². The molecule has 0 aromatic rings. The lowest BCUT2D eigenvalue weighted by atomic mass is 9.94. The largest absolute Gasteiger partial charge is 0.372 e. The Labute approximate surface area is 74.7 Å². The quantitative estimate of drug-likeness (QED) is 0.596. The zero-order valence-electron chi connectivity index (χ0n) is 8.15. The molecule has 0 bridgehead atoms. The molecule has 0 unspecified atom stereocenters. The van der Waals surface area contributed by atoms with E-state index in [-0.39, 0.29) is 5.60 Å². The highest BCUT2D eigenvalue weighted by Gasteiger charge is 2.40. The van der Waals surface area contributed by atoms with Crippen LogP contribution in [0.4, 0.5) is 0 Å². The molecule has 70 valence electrons. The smallest absolute Gasteiger partial charge is 0.0751 e. The molecule has 2 aliphatic rings. The molecular formula is C10H19NO. The number of rotatable bonds is 0. The third-order valence-electron chi connectivity index (χ3n) is 3.19. The predicted octanol–water partition coefficient (Wildman–Crippen LogP) is 1.70. The second-order valence-corrected chi connectivity index (χ2v) is 4.89. The van der Waals surface area contributed by atoms with E-state index in [1.807, 2.05) is 0 Å². The highest BCUT2D eigenvalue weighted by atomic mass is 16.5. The van der Waals surface area contributed by atoms with Crippen LogP contribution in [0.1, 0.15) is 39.5 Å². The van der Waals surface area contributed by atoms with Gasteiger partial charge in [-0.25, -0.2) is 0 Å². The predicted molar refractivity (Wildman–Crippen MR) is 49.2 cm³/mol. The van der Waals surface area contributed by atoms with Crippen LogP contribution >= 0.6 is 0 Å². The summed E-state index contributed by atoms with van der Waals surface area (Å²) in [6, 6.07) is 0. The summed E-state index contributed by atoms with van der Waals surface area (Å²) in [4.78, 5) is 0. The fraction of sp³-hybridized carbons (Fsp3) is 1.00. The van der Waals surface area contributed by atoms with Crippen molar-refractivity contribution in [3.05, 3.63) is 0 Å². The van der Waals surface area contributed by atoms with Crippen molar-refractivity contribution in [1.29, 1.82) is 0 Å². The summed E-state index contributed by atoms with van der Waals surface area (Å²) < 4.78 is 5.84. The zero-order valence-corrected chi connectivity index (χ0v) is 8.15. The average molecular weight is 169 g/mol. The van der Waals surface area contributed by atoms with Gasteiger partial charge in [0.15, 0.2) is 0 Å². The molecule has 12 heavy (non-hydrogen) atoms. The van der Waals surface area contributed by atoms with Gasteiger partial charge in [0.2, 0.25) is 0 Å². The maximum atomic E-state index is 5.84. The molecule has 1 aliphatic carbocycles. The summed E-state index contributed by atoms with van der Waals surface area (Å²) in [5, 5.41) is 3.66. The van der Waals surface area contributed by atoms with E-state index in [0.717, 1.165) is 13.2 Å². The molecule has 1 saturated heterocycles. The monoisotopic (exact) mass is 169 g/mol. The highest BCUT2D eigenvalue weighted by Crippen LogP contribution is 2.33. The SMILES string of the molecule is CC1(C)CNC2(CCCC2)CO1. The van der Waals surface area contributed by atoms with Crippen molar-refractivity contribution in [2.24, 2.45) is 0 Å². The van der Waals surface area contributed by atoms with E-state index < -0.39 is 0 Å². The molecule has 2 fully saturated rings. The van der Waals surface area contributed by atoms with Gasteiger partial charge < -0.3 is 10.1 Å². The summed E-state index contributed by atoms with van der Waals surface area (Å²) in [7, 11) is 0. The fourth-order valence-corrected chi connectivity index (χ4v) is 2.21. The second kappa shape index (κ2) is 2.71. The van der Waals surface area contributed by atoms with E-state index >= 15 is 0 Å². The van der Waals surface area contributed by atoms with Gasteiger partial charge in [0.25, 0.3) is 0 Å². The van der Waals surface area contributed by atoms with Crippen LogP contribution in [0.3, 0.4) is 0 Å². The van der Waals surface area contributed by atoms with E-state index in [9.17, 15) is 0 Å². The van der Waals surface area contributed by atoms with E-state index in [2.05, 4.69) is 19.2 Å². The van der Waals surface area contributed by atoms with Gasteiger partial charge >= 0.3 is 0 Å². The van der Waals surface area contributed by atoms with Gasteiger partial charge in [0.1, 0.15) is 0 Å². The van der Waals surface area contributed by atoms with Crippen LogP contribution in [0.5, 0.6) is 0 Å². The van der Waals surface area contributed by atoms with Crippen molar-refractivity contribution in [2.75, 3.05) is 13.2 Å². The Kier molecular flexibility index (Phi) is 1.92. The summed E-state index contributed by atoms with van der Waals surface area (Å²) in [6.07, 6.45) is 5.36. The van der Waals surface area contributed by atoms with Crippen molar-refractivity contribution in [3.63, 3.8) is 0 Å². The summed E-state index contributed by atoms with van der Waals surface area (Å²) in [6.45, 7) is 6.23. The Bertz CT molecular complexity index is 159. The lowest BCUT2D eigenvalue weighted by molar-refractivity contribution is -0.0855. The van der Waals surface area contributed by atoms with Crippen LogP contribution in [0.15, 0.2) is 0 Å². The minimum atomic E-state index is 0.0494. The first-order valence-corrected chi connectivity index (χ1v) is 5.01. The Morgan fingerprint density at radius 3 is 2.33 bits per heavy atom. The Balaban J connectivity index is 1.97.